The van der Waals surface area contributed by atoms with Gasteiger partial charge in [0, 0.05) is 6.04 Å². The molecule has 1 fully saturated rings. The van der Waals surface area contributed by atoms with Gasteiger partial charge in [-0.1, -0.05) is 55.3 Å². The van der Waals surface area contributed by atoms with Crippen LogP contribution >= 0.6 is 0 Å². The van der Waals surface area contributed by atoms with Crippen molar-refractivity contribution in [3.63, 3.8) is 0 Å². The Bertz CT molecular complexity index is 584. The molecule has 2 aromatic carbocycles. The molecule has 1 N–H and O–H groups in total. The van der Waals surface area contributed by atoms with Crippen molar-refractivity contribution >= 4 is 11.4 Å². The number of unbranched alkanes of at least 4 members (excludes halogenated alkanes) is 1. The van der Waals surface area contributed by atoms with Gasteiger partial charge in [-0.15, -0.1) is 6.58 Å². The number of nitrogens with zero attached hydrogens (tertiary/aromatic N) is 1. The van der Waals surface area contributed by atoms with E-state index in [0.717, 1.165) is 12.3 Å². The molecule has 2 heteroatoms. The molecule has 1 aliphatic rings. The molecule has 0 radical (unpaired) electrons. The lowest BCUT2D eigenvalue weighted by molar-refractivity contribution is 0.247. The minimum Gasteiger partial charge on any atom is -0.277 e. The fourth-order valence-electron chi connectivity index (χ4n) is 3.87. The van der Waals surface area contributed by atoms with E-state index < -0.39 is 0 Å². The van der Waals surface area contributed by atoms with Gasteiger partial charge in [0.25, 0.3) is 0 Å². The van der Waals surface area contributed by atoms with Crippen molar-refractivity contribution in [2.75, 3.05) is 5.01 Å². The van der Waals surface area contributed by atoms with Gasteiger partial charge in [0.15, 0.2) is 0 Å². The Morgan fingerprint density at radius 3 is 2.12 bits per heavy atom. The first kappa shape index (κ1) is 17.8. The molecule has 1 saturated carbocycles. The third-order valence-corrected chi connectivity index (χ3v) is 5.22. The molecule has 3 rings (SSSR count). The quantitative estimate of drug-likeness (QED) is 0.349. The third-order valence-electron chi connectivity index (χ3n) is 5.22. The van der Waals surface area contributed by atoms with E-state index in [2.05, 4.69) is 77.7 Å². The summed E-state index contributed by atoms with van der Waals surface area (Å²) in [6, 6.07) is 21.8. The molecule has 1 aliphatic carbocycles. The lowest BCUT2D eigenvalue weighted by Crippen LogP contribution is -2.47. The van der Waals surface area contributed by atoms with Crippen LogP contribution in [0.3, 0.4) is 0 Å². The van der Waals surface area contributed by atoms with Crippen molar-refractivity contribution in [1.82, 2.24) is 5.43 Å². The number of anilines is 2. The summed E-state index contributed by atoms with van der Waals surface area (Å²) >= 11 is 0. The first-order valence-electron chi connectivity index (χ1n) is 9.66. The average Bonchev–Trinajstić information content (AvgIpc) is 2.69. The zero-order valence-electron chi connectivity index (χ0n) is 15.1. The van der Waals surface area contributed by atoms with Crippen molar-refractivity contribution < 1.29 is 0 Å². The lowest BCUT2D eigenvalue weighted by atomic mass is 9.81. The second-order valence-electron chi connectivity index (χ2n) is 7.01. The van der Waals surface area contributed by atoms with Crippen LogP contribution in [0.15, 0.2) is 73.3 Å². The summed E-state index contributed by atoms with van der Waals surface area (Å²) < 4.78 is 0. The molecule has 0 aliphatic heterocycles. The summed E-state index contributed by atoms with van der Waals surface area (Å²) in [5.74, 6) is 0.753. The highest BCUT2D eigenvalue weighted by molar-refractivity contribution is 5.61. The van der Waals surface area contributed by atoms with E-state index in [1.54, 1.807) is 0 Å². The zero-order chi connectivity index (χ0) is 17.3. The summed E-state index contributed by atoms with van der Waals surface area (Å²) in [5.41, 5.74) is 6.27. The second kappa shape index (κ2) is 9.43. The lowest BCUT2D eigenvalue weighted by Gasteiger charge is -2.37. The molecule has 0 aromatic heterocycles. The van der Waals surface area contributed by atoms with Gasteiger partial charge in [-0.2, -0.15) is 0 Å². The maximum Gasteiger partial charge on any atom is 0.0577 e. The van der Waals surface area contributed by atoms with E-state index in [1.165, 1.54) is 49.9 Å². The topological polar surface area (TPSA) is 15.3 Å². The van der Waals surface area contributed by atoms with E-state index in [4.69, 9.17) is 0 Å². The van der Waals surface area contributed by atoms with E-state index in [0.29, 0.717) is 6.04 Å². The van der Waals surface area contributed by atoms with Crippen molar-refractivity contribution in [1.29, 1.82) is 0 Å². The first-order valence-corrected chi connectivity index (χ1v) is 9.66. The Morgan fingerprint density at radius 2 is 1.52 bits per heavy atom. The average molecular weight is 335 g/mol. The van der Waals surface area contributed by atoms with E-state index in [-0.39, 0.29) is 0 Å². The number of nitrogens with one attached hydrogen (secondary N) is 1. The molecule has 0 saturated heterocycles. The molecule has 0 spiro atoms. The van der Waals surface area contributed by atoms with E-state index in [1.807, 2.05) is 6.08 Å². The van der Waals surface area contributed by atoms with Crippen LogP contribution in [0.5, 0.6) is 0 Å². The summed E-state index contributed by atoms with van der Waals surface area (Å²) in [5, 5.41) is 2.27. The maximum absolute atomic E-state index is 3.87. The van der Waals surface area contributed by atoms with Gasteiger partial charge in [-0.05, 0) is 62.3 Å². The normalized spacial score (nSPS) is 20.2. The fourth-order valence-corrected chi connectivity index (χ4v) is 3.87. The predicted octanol–water partition coefficient (Wildman–Crippen LogP) is 6.24. The molecule has 0 heterocycles. The Morgan fingerprint density at radius 1 is 0.920 bits per heavy atom. The predicted molar refractivity (Wildman–Crippen MR) is 108 cm³/mol. The van der Waals surface area contributed by atoms with Gasteiger partial charge in [0.2, 0.25) is 0 Å². The Labute approximate surface area is 152 Å². The first-order chi connectivity index (χ1) is 12.4. The smallest absolute Gasteiger partial charge is 0.0577 e. The van der Waals surface area contributed by atoms with Crippen LogP contribution < -0.4 is 10.4 Å². The second-order valence-corrected chi connectivity index (χ2v) is 7.01. The Kier molecular flexibility index (Phi) is 6.70. The SMILES string of the molecule is C=CCCC[C@@H]1CCCC[C@H]1NN(c1ccccc1)c1ccccc1. The molecule has 2 nitrogen and oxygen atoms in total. The Balaban J connectivity index is 1.77. The summed E-state index contributed by atoms with van der Waals surface area (Å²) in [7, 11) is 0. The van der Waals surface area contributed by atoms with Gasteiger partial charge < -0.3 is 0 Å². The molecule has 25 heavy (non-hydrogen) atoms. The van der Waals surface area contributed by atoms with Crippen LogP contribution in [0, 0.1) is 5.92 Å². The number of hydrazine groups is 1. The largest absolute Gasteiger partial charge is 0.277 e. The van der Waals surface area contributed by atoms with Gasteiger partial charge >= 0.3 is 0 Å². The molecule has 0 unspecified atom stereocenters. The highest BCUT2D eigenvalue weighted by Gasteiger charge is 2.26. The monoisotopic (exact) mass is 334 g/mol. The van der Waals surface area contributed by atoms with E-state index in [9.17, 15) is 0 Å². The van der Waals surface area contributed by atoms with Gasteiger partial charge in [-0.3, -0.25) is 5.01 Å². The van der Waals surface area contributed by atoms with Gasteiger partial charge in [0.1, 0.15) is 0 Å². The standard InChI is InChI=1S/C23H30N2/c1-2-3-6-13-20-14-11-12-19-23(20)24-25(21-15-7-4-8-16-21)22-17-9-5-10-18-22/h2,4-5,7-10,15-18,20,23-24H,1,3,6,11-14,19H2/t20-,23-/m1/s1. The molecular weight excluding hydrogens is 304 g/mol. The van der Waals surface area contributed by atoms with E-state index >= 15 is 0 Å². The zero-order valence-corrected chi connectivity index (χ0v) is 15.1. The van der Waals surface area contributed by atoms with Crippen molar-refractivity contribution in [2.24, 2.45) is 5.92 Å². The fraction of sp³-hybridized carbons (Fsp3) is 0.391. The molecule has 132 valence electrons. The third kappa shape index (κ3) is 4.96. The van der Waals surface area contributed by atoms with Crippen molar-refractivity contribution in [3.05, 3.63) is 73.3 Å². The molecule has 2 atom stereocenters. The summed E-state index contributed by atoms with van der Waals surface area (Å²) in [6.45, 7) is 3.87. The summed E-state index contributed by atoms with van der Waals surface area (Å²) in [4.78, 5) is 0. The number of hydrogen-bond acceptors (Lipinski definition) is 2. The highest BCUT2D eigenvalue weighted by atomic mass is 15.5. The van der Waals surface area contributed by atoms with Gasteiger partial charge in [-0.25, -0.2) is 5.43 Å². The van der Waals surface area contributed by atoms with Crippen LogP contribution in [-0.4, -0.2) is 6.04 Å². The van der Waals surface area contributed by atoms with Gasteiger partial charge in [0.05, 0.1) is 11.4 Å². The number of rotatable bonds is 8. The van der Waals surface area contributed by atoms with Crippen LogP contribution in [0.25, 0.3) is 0 Å². The number of benzene rings is 2. The van der Waals surface area contributed by atoms with Crippen LogP contribution in [0.4, 0.5) is 11.4 Å². The molecule has 0 amide bonds. The van der Waals surface area contributed by atoms with Crippen molar-refractivity contribution in [2.45, 2.75) is 51.0 Å². The summed E-state index contributed by atoms with van der Waals surface area (Å²) in [6.07, 6.45) is 11.0. The van der Waals surface area contributed by atoms with Crippen molar-refractivity contribution in [3.8, 4) is 0 Å². The number of allylic oxidation sites excluding steroid dienone is 1. The maximum atomic E-state index is 3.87. The number of para-hydroxylation sites is 2. The number of hydrogen-bond donors (Lipinski definition) is 1. The minimum atomic E-state index is 0.541. The highest BCUT2D eigenvalue weighted by Crippen LogP contribution is 2.31. The molecule has 0 bridgehead atoms. The molecule has 2 aromatic rings. The molecular formula is C23H30N2. The Hall–Kier alpha value is -2.06. The van der Waals surface area contributed by atoms with Crippen LogP contribution in [-0.2, 0) is 0 Å². The minimum absolute atomic E-state index is 0.541. The van der Waals surface area contributed by atoms with Crippen LogP contribution in [0.1, 0.15) is 44.9 Å². The van der Waals surface area contributed by atoms with Crippen LogP contribution in [0.2, 0.25) is 0 Å².